The maximum Gasteiger partial charge on any atom is 0.341 e. The number of benzene rings is 1. The van der Waals surface area contributed by atoms with Crippen molar-refractivity contribution in [2.45, 2.75) is 32.7 Å². The molecule has 0 fully saturated rings. The van der Waals surface area contributed by atoms with Gasteiger partial charge >= 0.3 is 5.97 Å². The molecule has 0 aliphatic heterocycles. The number of aliphatic hydroxyl groups excluding tert-OH is 1. The first-order valence-corrected chi connectivity index (χ1v) is 9.88. The van der Waals surface area contributed by atoms with Crippen molar-refractivity contribution >= 4 is 17.0 Å². The molecular formula is C23H26N2O5. The number of carboxylic acids is 1. The van der Waals surface area contributed by atoms with Gasteiger partial charge in [0.1, 0.15) is 11.2 Å². The van der Waals surface area contributed by atoms with Gasteiger partial charge in [-0.2, -0.15) is 4.98 Å². The lowest BCUT2D eigenvalue weighted by atomic mass is 10.0. The second-order valence-corrected chi connectivity index (χ2v) is 7.59. The van der Waals surface area contributed by atoms with E-state index in [1.165, 1.54) is 13.3 Å². The van der Waals surface area contributed by atoms with Gasteiger partial charge in [-0.25, -0.2) is 4.79 Å². The van der Waals surface area contributed by atoms with Gasteiger partial charge in [-0.05, 0) is 30.4 Å². The number of aromatic carboxylic acids is 1. The highest BCUT2D eigenvalue weighted by Gasteiger charge is 2.23. The molecule has 2 N–H and O–H groups in total. The first-order valence-electron chi connectivity index (χ1n) is 9.88. The average Bonchev–Trinajstić information content (AvgIpc) is 2.74. The molecule has 2 aromatic heterocycles. The summed E-state index contributed by atoms with van der Waals surface area (Å²) >= 11 is 0. The van der Waals surface area contributed by atoms with Crippen LogP contribution in [0.25, 0.3) is 11.0 Å². The topological polar surface area (TPSA) is 102 Å². The quantitative estimate of drug-likeness (QED) is 0.592. The molecule has 1 aromatic carbocycles. The molecule has 158 valence electrons. The fraction of sp³-hybridized carbons (Fsp3) is 0.348. The standard InChI is InChI=1S/C23H26N2O5/c1-14(2)19(13-26)25-12-18(23(28)29)20(27)17-11-16(22(30-3)24-21(17)25)10-9-15-7-5-4-6-8-15/h4-8,11-12,14,19,26H,9-10,13H2,1-3H3,(H,28,29)/t19-/m1/s1. The average molecular weight is 410 g/mol. The van der Waals surface area contributed by atoms with Gasteiger partial charge < -0.3 is 19.5 Å². The van der Waals surface area contributed by atoms with Crippen LogP contribution in [0.1, 0.15) is 41.4 Å². The predicted octanol–water partition coefficient (Wildman–Crippen LogP) is 3.08. The minimum atomic E-state index is -1.31. The molecule has 2 heterocycles. The number of fused-ring (bicyclic) bond motifs is 1. The monoisotopic (exact) mass is 410 g/mol. The molecule has 0 aliphatic carbocycles. The number of aryl methyl sites for hydroxylation is 2. The van der Waals surface area contributed by atoms with E-state index in [9.17, 15) is 19.8 Å². The van der Waals surface area contributed by atoms with Gasteiger partial charge in [0, 0.05) is 11.8 Å². The molecule has 0 saturated carbocycles. The van der Waals surface area contributed by atoms with E-state index in [4.69, 9.17) is 4.74 Å². The number of hydrogen-bond donors (Lipinski definition) is 2. The lowest BCUT2D eigenvalue weighted by molar-refractivity contribution is 0.0694. The zero-order valence-electron chi connectivity index (χ0n) is 17.3. The molecule has 30 heavy (non-hydrogen) atoms. The molecule has 0 aliphatic rings. The lowest BCUT2D eigenvalue weighted by Gasteiger charge is -2.24. The van der Waals surface area contributed by atoms with Crippen LogP contribution in [0.2, 0.25) is 0 Å². The van der Waals surface area contributed by atoms with Crippen molar-refractivity contribution in [2.24, 2.45) is 5.92 Å². The van der Waals surface area contributed by atoms with E-state index >= 15 is 0 Å². The summed E-state index contributed by atoms with van der Waals surface area (Å²) in [5.41, 5.74) is 1.23. The van der Waals surface area contributed by atoms with E-state index in [0.29, 0.717) is 17.9 Å². The highest BCUT2D eigenvalue weighted by Crippen LogP contribution is 2.27. The molecule has 3 rings (SSSR count). The number of aliphatic hydroxyl groups is 1. The smallest absolute Gasteiger partial charge is 0.341 e. The Kier molecular flexibility index (Phi) is 6.52. The summed E-state index contributed by atoms with van der Waals surface area (Å²) in [7, 11) is 1.51. The SMILES string of the molecule is COc1nc2c(cc1CCc1ccccc1)c(=O)c(C(=O)O)cn2[C@H](CO)C(C)C. The third-order valence-corrected chi connectivity index (χ3v) is 5.31. The van der Waals surface area contributed by atoms with Crippen molar-refractivity contribution in [1.29, 1.82) is 0 Å². The zero-order chi connectivity index (χ0) is 21.8. The van der Waals surface area contributed by atoms with Crippen LogP contribution in [0, 0.1) is 5.92 Å². The molecule has 0 saturated heterocycles. The summed E-state index contributed by atoms with van der Waals surface area (Å²) in [6.07, 6.45) is 2.58. The second kappa shape index (κ2) is 9.09. The highest BCUT2D eigenvalue weighted by atomic mass is 16.5. The predicted molar refractivity (Wildman–Crippen MR) is 114 cm³/mol. The van der Waals surface area contributed by atoms with Gasteiger partial charge in [0.05, 0.1) is 25.1 Å². The van der Waals surface area contributed by atoms with E-state index in [1.807, 2.05) is 44.2 Å². The maximum absolute atomic E-state index is 12.9. The van der Waals surface area contributed by atoms with Crippen LogP contribution in [-0.2, 0) is 12.8 Å². The molecule has 0 spiro atoms. The van der Waals surface area contributed by atoms with Crippen molar-refractivity contribution in [2.75, 3.05) is 13.7 Å². The molecule has 0 unspecified atom stereocenters. The molecule has 0 bridgehead atoms. The minimum absolute atomic E-state index is 0.00658. The molecule has 1 atom stereocenters. The van der Waals surface area contributed by atoms with E-state index in [0.717, 1.165) is 17.5 Å². The van der Waals surface area contributed by atoms with Crippen LogP contribution in [0.15, 0.2) is 47.4 Å². The number of aromatic nitrogens is 2. The molecule has 0 radical (unpaired) electrons. The van der Waals surface area contributed by atoms with Crippen LogP contribution in [0.3, 0.4) is 0 Å². The minimum Gasteiger partial charge on any atom is -0.481 e. The Bertz CT molecular complexity index is 1110. The van der Waals surface area contributed by atoms with Crippen LogP contribution in [0.5, 0.6) is 5.88 Å². The van der Waals surface area contributed by atoms with Crippen molar-refractivity contribution < 1.29 is 19.7 Å². The van der Waals surface area contributed by atoms with Gasteiger partial charge in [0.2, 0.25) is 11.3 Å². The number of ether oxygens (including phenoxy) is 1. The third-order valence-electron chi connectivity index (χ3n) is 5.31. The Morgan fingerprint density at radius 2 is 1.90 bits per heavy atom. The van der Waals surface area contributed by atoms with E-state index in [-0.39, 0.29) is 23.5 Å². The maximum atomic E-state index is 12.9. The number of nitrogens with zero attached hydrogens (tertiary/aromatic N) is 2. The van der Waals surface area contributed by atoms with Crippen LogP contribution < -0.4 is 10.2 Å². The zero-order valence-corrected chi connectivity index (χ0v) is 17.3. The van der Waals surface area contributed by atoms with Gasteiger partial charge in [-0.15, -0.1) is 0 Å². The van der Waals surface area contributed by atoms with E-state index < -0.39 is 17.4 Å². The Morgan fingerprint density at radius 1 is 1.20 bits per heavy atom. The number of carboxylic acid groups (broad SMARTS) is 1. The number of hydrogen-bond acceptors (Lipinski definition) is 5. The summed E-state index contributed by atoms with van der Waals surface area (Å²) < 4.78 is 7.06. The number of rotatable bonds is 8. The van der Waals surface area contributed by atoms with Crippen molar-refractivity contribution in [1.82, 2.24) is 9.55 Å². The fourth-order valence-electron chi connectivity index (χ4n) is 3.60. The Hall–Kier alpha value is -3.19. The Labute approximate surface area is 174 Å². The molecule has 7 nitrogen and oxygen atoms in total. The largest absolute Gasteiger partial charge is 0.481 e. The first kappa shape index (κ1) is 21.5. The highest BCUT2D eigenvalue weighted by molar-refractivity contribution is 5.92. The van der Waals surface area contributed by atoms with Crippen LogP contribution in [-0.4, -0.2) is 39.5 Å². The molecule has 0 amide bonds. The van der Waals surface area contributed by atoms with Gasteiger partial charge in [0.15, 0.2) is 0 Å². The summed E-state index contributed by atoms with van der Waals surface area (Å²) in [6, 6.07) is 11.1. The Balaban J connectivity index is 2.20. The Morgan fingerprint density at radius 3 is 2.47 bits per heavy atom. The summed E-state index contributed by atoms with van der Waals surface area (Å²) in [5.74, 6) is -0.930. The van der Waals surface area contributed by atoms with Crippen molar-refractivity contribution in [3.8, 4) is 5.88 Å². The van der Waals surface area contributed by atoms with E-state index in [1.54, 1.807) is 10.6 Å². The summed E-state index contributed by atoms with van der Waals surface area (Å²) in [4.78, 5) is 29.1. The van der Waals surface area contributed by atoms with Crippen molar-refractivity contribution in [3.63, 3.8) is 0 Å². The van der Waals surface area contributed by atoms with Gasteiger partial charge in [-0.1, -0.05) is 44.2 Å². The number of pyridine rings is 2. The number of carbonyl (C=O) groups is 1. The molecular weight excluding hydrogens is 384 g/mol. The first-order chi connectivity index (χ1) is 14.4. The van der Waals surface area contributed by atoms with Gasteiger partial charge in [-0.3, -0.25) is 4.79 Å². The molecule has 7 heteroatoms. The lowest BCUT2D eigenvalue weighted by Crippen LogP contribution is -2.26. The van der Waals surface area contributed by atoms with E-state index in [2.05, 4.69) is 4.98 Å². The van der Waals surface area contributed by atoms with Crippen LogP contribution in [0.4, 0.5) is 0 Å². The summed E-state index contributed by atoms with van der Waals surface area (Å²) in [5, 5.41) is 19.6. The summed E-state index contributed by atoms with van der Waals surface area (Å²) in [6.45, 7) is 3.61. The van der Waals surface area contributed by atoms with Gasteiger partial charge in [0.25, 0.3) is 0 Å². The number of methoxy groups -OCH3 is 1. The van der Waals surface area contributed by atoms with Crippen molar-refractivity contribution in [3.05, 3.63) is 69.5 Å². The molecule has 3 aromatic rings. The van der Waals surface area contributed by atoms with Crippen LogP contribution >= 0.6 is 0 Å². The third kappa shape index (κ3) is 4.21. The normalized spacial score (nSPS) is 12.3. The fourth-order valence-corrected chi connectivity index (χ4v) is 3.60. The second-order valence-electron chi connectivity index (χ2n) is 7.59.